The molecule has 156 valence electrons. The molecule has 0 aliphatic carbocycles. The topological polar surface area (TPSA) is 86.8 Å². The number of alkyl halides is 3. The van der Waals surface area contributed by atoms with Gasteiger partial charge in [0.25, 0.3) is 0 Å². The van der Waals surface area contributed by atoms with Crippen LogP contribution in [0.1, 0.15) is 17.3 Å². The molecule has 0 saturated carbocycles. The summed E-state index contributed by atoms with van der Waals surface area (Å²) >= 11 is 0. The maximum absolute atomic E-state index is 13.0. The summed E-state index contributed by atoms with van der Waals surface area (Å²) in [7, 11) is 0. The van der Waals surface area contributed by atoms with Gasteiger partial charge < -0.3 is 23.9 Å². The fourth-order valence-corrected chi connectivity index (χ4v) is 3.13. The fraction of sp³-hybridized carbons (Fsp3) is 0.200. The number of carbonyl (C=O) groups is 1. The summed E-state index contributed by atoms with van der Waals surface area (Å²) in [5, 5.41) is 0.0112. The molecular formula is C20H14F3NO6. The minimum Gasteiger partial charge on any atom is -0.462 e. The van der Waals surface area contributed by atoms with E-state index in [1.165, 1.54) is 0 Å². The number of aromatic amines is 1. The van der Waals surface area contributed by atoms with Crippen molar-refractivity contribution in [2.45, 2.75) is 13.3 Å². The summed E-state index contributed by atoms with van der Waals surface area (Å²) < 4.78 is 57.2. The number of H-pyrrole nitrogens is 1. The highest BCUT2D eigenvalue weighted by atomic mass is 19.4. The van der Waals surface area contributed by atoms with Crippen LogP contribution in [-0.4, -0.2) is 30.7 Å². The van der Waals surface area contributed by atoms with Crippen molar-refractivity contribution in [2.75, 3.05) is 13.4 Å². The van der Waals surface area contributed by atoms with Crippen LogP contribution in [0.5, 0.6) is 17.2 Å². The number of ether oxygens (including phenoxy) is 4. The SMILES string of the molecule is CCOC(=O)c1c(-c2ccc3c(c2)OCO3)[nH]c2cc(OC(F)(F)F)ccc2c1=O. The van der Waals surface area contributed by atoms with Gasteiger partial charge in [0.05, 0.1) is 17.8 Å². The molecule has 0 atom stereocenters. The molecule has 0 saturated heterocycles. The molecule has 0 radical (unpaired) electrons. The fourth-order valence-electron chi connectivity index (χ4n) is 3.13. The highest BCUT2D eigenvalue weighted by molar-refractivity contribution is 6.00. The molecule has 1 aliphatic rings. The van der Waals surface area contributed by atoms with E-state index in [-0.39, 0.29) is 35.6 Å². The Labute approximate surface area is 166 Å². The quantitative estimate of drug-likeness (QED) is 0.641. The van der Waals surface area contributed by atoms with Crippen molar-refractivity contribution < 1.29 is 36.9 Å². The van der Waals surface area contributed by atoms with Crippen LogP contribution in [0, 0.1) is 0 Å². The van der Waals surface area contributed by atoms with E-state index in [2.05, 4.69) is 9.72 Å². The summed E-state index contributed by atoms with van der Waals surface area (Å²) in [6, 6.07) is 7.93. The number of nitrogens with one attached hydrogen (secondary N) is 1. The highest BCUT2D eigenvalue weighted by Gasteiger charge is 2.31. The van der Waals surface area contributed by atoms with E-state index in [1.54, 1.807) is 25.1 Å². The Kier molecular flexibility index (Phi) is 4.76. The molecule has 0 fully saturated rings. The smallest absolute Gasteiger partial charge is 0.462 e. The Balaban J connectivity index is 1.94. The number of carbonyl (C=O) groups excluding carboxylic acids is 1. The van der Waals surface area contributed by atoms with Crippen molar-refractivity contribution in [1.29, 1.82) is 0 Å². The normalized spacial score (nSPS) is 12.8. The number of hydrogen-bond acceptors (Lipinski definition) is 6. The first-order valence-electron chi connectivity index (χ1n) is 8.80. The predicted molar refractivity (Wildman–Crippen MR) is 98.8 cm³/mol. The molecule has 1 N–H and O–H groups in total. The molecule has 1 aliphatic heterocycles. The summed E-state index contributed by atoms with van der Waals surface area (Å²) in [6.45, 7) is 1.65. The Morgan fingerprint density at radius 3 is 2.63 bits per heavy atom. The first-order valence-corrected chi connectivity index (χ1v) is 8.80. The van der Waals surface area contributed by atoms with Gasteiger partial charge >= 0.3 is 12.3 Å². The molecule has 3 aromatic rings. The summed E-state index contributed by atoms with van der Waals surface area (Å²) in [4.78, 5) is 28.4. The maximum atomic E-state index is 13.0. The van der Waals surface area contributed by atoms with Crippen molar-refractivity contribution in [3.8, 4) is 28.5 Å². The predicted octanol–water partition coefficient (Wildman–Crippen LogP) is 4.00. The van der Waals surface area contributed by atoms with Gasteiger partial charge in [0.1, 0.15) is 11.3 Å². The van der Waals surface area contributed by atoms with Crippen molar-refractivity contribution in [2.24, 2.45) is 0 Å². The third-order valence-corrected chi connectivity index (χ3v) is 4.35. The zero-order valence-electron chi connectivity index (χ0n) is 15.5. The van der Waals surface area contributed by atoms with Gasteiger partial charge in [0.2, 0.25) is 12.2 Å². The van der Waals surface area contributed by atoms with E-state index in [9.17, 15) is 22.8 Å². The number of aromatic nitrogens is 1. The molecular weight excluding hydrogens is 407 g/mol. The standard InChI is InChI=1S/C20H14F3NO6/c1-2-27-19(26)16-17(10-3-6-14-15(7-10)29-9-28-14)24-13-8-11(30-20(21,22)23)4-5-12(13)18(16)25/h3-8H,2,9H2,1H3,(H,24,25). The van der Waals surface area contributed by atoms with Crippen molar-refractivity contribution in [3.63, 3.8) is 0 Å². The van der Waals surface area contributed by atoms with Gasteiger partial charge in [-0.3, -0.25) is 4.79 Å². The summed E-state index contributed by atoms with van der Waals surface area (Å²) in [6.07, 6.45) is -4.89. The van der Waals surface area contributed by atoms with Gasteiger partial charge in [-0.2, -0.15) is 0 Å². The number of hydrogen-bond donors (Lipinski definition) is 1. The molecule has 2 aromatic carbocycles. The lowest BCUT2D eigenvalue weighted by Gasteiger charge is -2.13. The van der Waals surface area contributed by atoms with Gasteiger partial charge in [-0.05, 0) is 37.3 Å². The second-order valence-corrected chi connectivity index (χ2v) is 6.25. The maximum Gasteiger partial charge on any atom is 0.573 e. The zero-order valence-corrected chi connectivity index (χ0v) is 15.5. The van der Waals surface area contributed by atoms with Crippen LogP contribution in [0.15, 0.2) is 41.2 Å². The first-order chi connectivity index (χ1) is 14.3. The van der Waals surface area contributed by atoms with Crippen LogP contribution in [0.4, 0.5) is 13.2 Å². The van der Waals surface area contributed by atoms with Gasteiger partial charge in [-0.25, -0.2) is 4.79 Å². The first kappa shape index (κ1) is 19.6. The molecule has 1 aromatic heterocycles. The number of pyridine rings is 1. The monoisotopic (exact) mass is 421 g/mol. The van der Waals surface area contributed by atoms with Gasteiger partial charge in [-0.15, -0.1) is 13.2 Å². The third kappa shape index (κ3) is 3.63. The molecule has 0 amide bonds. The van der Waals surface area contributed by atoms with Crippen LogP contribution in [0.3, 0.4) is 0 Å². The van der Waals surface area contributed by atoms with E-state index in [4.69, 9.17) is 14.2 Å². The van der Waals surface area contributed by atoms with Crippen LogP contribution in [0.25, 0.3) is 22.2 Å². The van der Waals surface area contributed by atoms with Crippen LogP contribution >= 0.6 is 0 Å². The third-order valence-electron chi connectivity index (χ3n) is 4.35. The van der Waals surface area contributed by atoms with Gasteiger partial charge in [-0.1, -0.05) is 0 Å². The minimum atomic E-state index is -4.89. The Morgan fingerprint density at radius 1 is 1.13 bits per heavy atom. The molecule has 7 nitrogen and oxygen atoms in total. The second kappa shape index (κ2) is 7.29. The molecule has 30 heavy (non-hydrogen) atoms. The van der Waals surface area contributed by atoms with E-state index in [1.807, 2.05) is 0 Å². The number of rotatable bonds is 4. The van der Waals surface area contributed by atoms with E-state index < -0.39 is 23.5 Å². The van der Waals surface area contributed by atoms with Crippen LogP contribution in [0.2, 0.25) is 0 Å². The Bertz CT molecular complexity index is 1200. The number of halogens is 3. The minimum absolute atomic E-state index is 0.0112. The molecule has 0 spiro atoms. The second-order valence-electron chi connectivity index (χ2n) is 6.25. The van der Waals surface area contributed by atoms with E-state index in [0.29, 0.717) is 17.1 Å². The van der Waals surface area contributed by atoms with Gasteiger partial charge in [0.15, 0.2) is 11.5 Å². The molecule has 10 heteroatoms. The lowest BCUT2D eigenvalue weighted by molar-refractivity contribution is -0.274. The van der Waals surface area contributed by atoms with Crippen molar-refractivity contribution in [3.05, 3.63) is 52.2 Å². The van der Waals surface area contributed by atoms with E-state index in [0.717, 1.165) is 18.2 Å². The lowest BCUT2D eigenvalue weighted by atomic mass is 10.0. The van der Waals surface area contributed by atoms with Crippen molar-refractivity contribution in [1.82, 2.24) is 4.98 Å². The highest BCUT2D eigenvalue weighted by Crippen LogP contribution is 2.36. The molecule has 0 unspecified atom stereocenters. The zero-order chi connectivity index (χ0) is 21.5. The largest absolute Gasteiger partial charge is 0.573 e. The van der Waals surface area contributed by atoms with Crippen LogP contribution in [-0.2, 0) is 4.74 Å². The summed E-state index contributed by atoms with van der Waals surface area (Å²) in [5.41, 5.74) is -0.430. The van der Waals surface area contributed by atoms with Crippen LogP contribution < -0.4 is 19.6 Å². The number of fused-ring (bicyclic) bond motifs is 2. The molecule has 4 rings (SSSR count). The Morgan fingerprint density at radius 2 is 1.90 bits per heavy atom. The average molecular weight is 421 g/mol. The summed E-state index contributed by atoms with van der Waals surface area (Å²) in [5.74, 6) is -0.479. The lowest BCUT2D eigenvalue weighted by Crippen LogP contribution is -2.21. The Hall–Kier alpha value is -3.69. The van der Waals surface area contributed by atoms with Gasteiger partial charge in [0, 0.05) is 17.0 Å². The average Bonchev–Trinajstić information content (AvgIpc) is 3.14. The number of esters is 1. The molecule has 2 heterocycles. The number of benzene rings is 2. The van der Waals surface area contributed by atoms with E-state index >= 15 is 0 Å². The van der Waals surface area contributed by atoms with Crippen molar-refractivity contribution >= 4 is 16.9 Å². The molecule has 0 bridgehead atoms.